The molecule has 9 heteroatoms. The normalized spacial score (nSPS) is 20.9. The van der Waals surface area contributed by atoms with Crippen molar-refractivity contribution >= 4 is 28.3 Å². The van der Waals surface area contributed by atoms with Crippen LogP contribution in [0.2, 0.25) is 0 Å². The van der Waals surface area contributed by atoms with Crippen LogP contribution in [0.1, 0.15) is 16.3 Å². The minimum absolute atomic E-state index is 0.295. The van der Waals surface area contributed by atoms with Crippen LogP contribution in [-0.4, -0.2) is 39.8 Å². The van der Waals surface area contributed by atoms with Crippen LogP contribution in [0.4, 0.5) is 19.1 Å². The molecule has 1 aromatic carbocycles. The van der Waals surface area contributed by atoms with Gasteiger partial charge < -0.3 is 15.2 Å². The summed E-state index contributed by atoms with van der Waals surface area (Å²) < 4.78 is 43.0. The molecular weight excluding hydrogens is 363 g/mol. The standard InChI is InChI=1S/C17H18F3N5S/c1-9-6-22-16(26-9)8-25-15-5-12(20)11(19)4-14(15)23-17(25)24-3-2-10(18)13(21)7-24/h4-6,10,13H,2-3,7-8,21H2,1H3. The van der Waals surface area contributed by atoms with E-state index in [1.807, 2.05) is 11.8 Å². The minimum atomic E-state index is -1.06. The first kappa shape index (κ1) is 17.3. The summed E-state index contributed by atoms with van der Waals surface area (Å²) in [5, 5.41) is 0.831. The number of nitrogens with two attached hydrogens (primary N) is 1. The molecule has 0 saturated carbocycles. The van der Waals surface area contributed by atoms with Gasteiger partial charge in [0.25, 0.3) is 0 Å². The van der Waals surface area contributed by atoms with Gasteiger partial charge in [0.05, 0.1) is 23.6 Å². The molecule has 2 atom stereocenters. The van der Waals surface area contributed by atoms with E-state index in [1.54, 1.807) is 10.8 Å². The van der Waals surface area contributed by atoms with Gasteiger partial charge >= 0.3 is 0 Å². The van der Waals surface area contributed by atoms with Gasteiger partial charge in [0, 0.05) is 36.3 Å². The molecule has 138 valence electrons. The van der Waals surface area contributed by atoms with E-state index in [-0.39, 0.29) is 0 Å². The quantitative estimate of drug-likeness (QED) is 0.758. The number of nitrogens with zero attached hydrogens (tertiary/aromatic N) is 4. The van der Waals surface area contributed by atoms with Crippen LogP contribution in [0.15, 0.2) is 18.3 Å². The first-order valence-electron chi connectivity index (χ1n) is 8.33. The first-order chi connectivity index (χ1) is 12.4. The van der Waals surface area contributed by atoms with Crippen molar-refractivity contribution in [3.05, 3.63) is 39.8 Å². The van der Waals surface area contributed by atoms with E-state index in [4.69, 9.17) is 5.73 Å². The van der Waals surface area contributed by atoms with Gasteiger partial charge in [-0.1, -0.05) is 0 Å². The number of piperidine rings is 1. The third-order valence-electron chi connectivity index (χ3n) is 4.59. The number of aryl methyl sites for hydroxylation is 1. The fourth-order valence-electron chi connectivity index (χ4n) is 3.25. The summed E-state index contributed by atoms with van der Waals surface area (Å²) in [6.07, 6.45) is 1.01. The van der Waals surface area contributed by atoms with Crippen molar-refractivity contribution in [3.8, 4) is 0 Å². The van der Waals surface area contributed by atoms with E-state index >= 15 is 0 Å². The molecule has 2 aromatic heterocycles. The van der Waals surface area contributed by atoms with Gasteiger partial charge in [-0.05, 0) is 13.3 Å². The van der Waals surface area contributed by atoms with Crippen molar-refractivity contribution in [3.63, 3.8) is 0 Å². The molecule has 5 nitrogen and oxygen atoms in total. The van der Waals surface area contributed by atoms with Crippen molar-refractivity contribution in [2.24, 2.45) is 5.73 Å². The van der Waals surface area contributed by atoms with Crippen LogP contribution >= 0.6 is 11.3 Å². The summed E-state index contributed by atoms with van der Waals surface area (Å²) in [4.78, 5) is 11.8. The van der Waals surface area contributed by atoms with E-state index in [2.05, 4.69) is 9.97 Å². The molecule has 2 N–H and O–H groups in total. The molecule has 1 aliphatic rings. The zero-order chi connectivity index (χ0) is 18.4. The summed E-state index contributed by atoms with van der Waals surface area (Å²) in [5.41, 5.74) is 6.70. The number of thiazole rings is 1. The van der Waals surface area contributed by atoms with E-state index in [1.165, 1.54) is 11.3 Å². The topological polar surface area (TPSA) is 60.0 Å². The average molecular weight is 381 g/mol. The van der Waals surface area contributed by atoms with E-state index in [9.17, 15) is 13.2 Å². The first-order valence-corrected chi connectivity index (χ1v) is 9.15. The van der Waals surface area contributed by atoms with Gasteiger partial charge in [-0.25, -0.2) is 23.1 Å². The Labute approximate surface area is 152 Å². The SMILES string of the molecule is Cc1cnc(Cn2c(N3CCC(F)C(N)C3)nc3cc(F)c(F)cc32)s1. The van der Waals surface area contributed by atoms with Crippen molar-refractivity contribution in [2.75, 3.05) is 18.0 Å². The largest absolute Gasteiger partial charge is 0.340 e. The maximum absolute atomic E-state index is 13.8. The lowest BCUT2D eigenvalue weighted by Gasteiger charge is -2.34. The highest BCUT2D eigenvalue weighted by molar-refractivity contribution is 7.11. The van der Waals surface area contributed by atoms with Crippen LogP contribution in [-0.2, 0) is 6.54 Å². The Bertz CT molecular complexity index is 953. The van der Waals surface area contributed by atoms with Crippen molar-refractivity contribution < 1.29 is 13.2 Å². The van der Waals surface area contributed by atoms with Crippen LogP contribution in [0.25, 0.3) is 11.0 Å². The van der Waals surface area contributed by atoms with Gasteiger partial charge in [0.2, 0.25) is 5.95 Å². The Morgan fingerprint density at radius 3 is 2.77 bits per heavy atom. The zero-order valence-corrected chi connectivity index (χ0v) is 14.9. The monoisotopic (exact) mass is 381 g/mol. The highest BCUT2D eigenvalue weighted by Gasteiger charge is 2.29. The predicted octanol–water partition coefficient (Wildman–Crippen LogP) is 3.00. The molecule has 0 radical (unpaired) electrons. The maximum atomic E-state index is 13.8. The van der Waals surface area contributed by atoms with Crippen LogP contribution in [0, 0.1) is 18.6 Å². The highest BCUT2D eigenvalue weighted by Crippen LogP contribution is 2.29. The molecule has 3 aromatic rings. The van der Waals surface area contributed by atoms with E-state index in [0.29, 0.717) is 43.0 Å². The van der Waals surface area contributed by atoms with E-state index in [0.717, 1.165) is 22.0 Å². The number of hydrogen-bond acceptors (Lipinski definition) is 5. The Kier molecular flexibility index (Phi) is 4.36. The predicted molar refractivity (Wildman–Crippen MR) is 95.3 cm³/mol. The second-order valence-corrected chi connectivity index (χ2v) is 7.85. The molecule has 0 aliphatic carbocycles. The Morgan fingerprint density at radius 1 is 1.31 bits per heavy atom. The van der Waals surface area contributed by atoms with Gasteiger partial charge in [-0.3, -0.25) is 0 Å². The van der Waals surface area contributed by atoms with Crippen LogP contribution < -0.4 is 10.6 Å². The second-order valence-electron chi connectivity index (χ2n) is 6.53. The minimum Gasteiger partial charge on any atom is -0.340 e. The Hall–Kier alpha value is -2.13. The average Bonchev–Trinajstić information content (AvgIpc) is 3.15. The van der Waals surface area contributed by atoms with Crippen molar-refractivity contribution in [1.82, 2.24) is 14.5 Å². The van der Waals surface area contributed by atoms with Gasteiger partial charge in [-0.2, -0.15) is 0 Å². The summed E-state index contributed by atoms with van der Waals surface area (Å²) >= 11 is 1.53. The smallest absolute Gasteiger partial charge is 0.207 e. The molecular formula is C17H18F3N5S. The number of hydrogen-bond donors (Lipinski definition) is 1. The molecule has 1 fully saturated rings. The fraction of sp³-hybridized carbons (Fsp3) is 0.412. The lowest BCUT2D eigenvalue weighted by atomic mass is 10.1. The molecule has 2 unspecified atom stereocenters. The number of halogens is 3. The summed E-state index contributed by atoms with van der Waals surface area (Å²) in [6.45, 7) is 3.07. The molecule has 0 bridgehead atoms. The maximum Gasteiger partial charge on any atom is 0.207 e. The highest BCUT2D eigenvalue weighted by atomic mass is 32.1. The van der Waals surface area contributed by atoms with Crippen LogP contribution in [0.3, 0.4) is 0 Å². The third kappa shape index (κ3) is 3.05. The molecule has 1 aliphatic heterocycles. The number of imidazole rings is 1. The van der Waals surface area contributed by atoms with Gasteiger partial charge in [0.15, 0.2) is 11.6 Å². The second kappa shape index (κ2) is 6.55. The number of rotatable bonds is 3. The number of fused-ring (bicyclic) bond motifs is 1. The Balaban J connectivity index is 1.81. The lowest BCUT2D eigenvalue weighted by molar-refractivity contribution is 0.243. The summed E-state index contributed by atoms with van der Waals surface area (Å²) in [7, 11) is 0. The zero-order valence-electron chi connectivity index (χ0n) is 14.1. The number of alkyl halides is 1. The van der Waals surface area contributed by atoms with Gasteiger partial charge in [-0.15, -0.1) is 11.3 Å². The number of benzene rings is 1. The van der Waals surface area contributed by atoms with E-state index < -0.39 is 23.8 Å². The fourth-order valence-corrected chi connectivity index (χ4v) is 4.03. The Morgan fingerprint density at radius 2 is 2.08 bits per heavy atom. The number of anilines is 1. The van der Waals surface area contributed by atoms with Crippen molar-refractivity contribution in [1.29, 1.82) is 0 Å². The molecule has 4 rings (SSSR count). The summed E-state index contributed by atoms with van der Waals surface area (Å²) in [5.74, 6) is -1.35. The molecule has 0 amide bonds. The lowest BCUT2D eigenvalue weighted by Crippen LogP contribution is -2.50. The third-order valence-corrected chi connectivity index (χ3v) is 5.48. The molecule has 0 spiro atoms. The number of aromatic nitrogens is 3. The molecule has 3 heterocycles. The molecule has 1 saturated heterocycles. The summed E-state index contributed by atoms with van der Waals surface area (Å²) in [6, 6.07) is 1.61. The van der Waals surface area contributed by atoms with Crippen molar-refractivity contribution in [2.45, 2.75) is 32.1 Å². The van der Waals surface area contributed by atoms with Crippen LogP contribution in [0.5, 0.6) is 0 Å². The van der Waals surface area contributed by atoms with Gasteiger partial charge in [0.1, 0.15) is 11.2 Å². The molecule has 26 heavy (non-hydrogen) atoms.